The molecule has 0 bridgehead atoms. The van der Waals surface area contributed by atoms with E-state index in [4.69, 9.17) is 5.11 Å². The summed E-state index contributed by atoms with van der Waals surface area (Å²) in [6.07, 6.45) is 5.21. The van der Waals surface area contributed by atoms with Crippen molar-refractivity contribution in [1.82, 2.24) is 10.2 Å². The minimum atomic E-state index is -0.933. The first-order valence-corrected chi connectivity index (χ1v) is 6.84. The van der Waals surface area contributed by atoms with E-state index in [-0.39, 0.29) is 18.6 Å². The Balaban J connectivity index is 1.85. The predicted molar refractivity (Wildman–Crippen MR) is 67.3 cm³/mol. The van der Waals surface area contributed by atoms with Crippen LogP contribution in [0.4, 0.5) is 4.79 Å². The van der Waals surface area contributed by atoms with Crippen LogP contribution >= 0.6 is 0 Å². The van der Waals surface area contributed by atoms with Crippen LogP contribution in [0, 0.1) is 11.8 Å². The molecule has 0 heterocycles. The van der Waals surface area contributed by atoms with Crippen LogP contribution < -0.4 is 5.32 Å². The van der Waals surface area contributed by atoms with Crippen LogP contribution in [0.15, 0.2) is 0 Å². The molecule has 18 heavy (non-hydrogen) atoms. The van der Waals surface area contributed by atoms with Gasteiger partial charge in [-0.3, -0.25) is 4.79 Å². The Labute approximate surface area is 108 Å². The van der Waals surface area contributed by atoms with Gasteiger partial charge in [0.1, 0.15) is 6.54 Å². The molecule has 2 rings (SSSR count). The van der Waals surface area contributed by atoms with Gasteiger partial charge in [-0.25, -0.2) is 4.79 Å². The second-order valence-corrected chi connectivity index (χ2v) is 5.62. The summed E-state index contributed by atoms with van der Waals surface area (Å²) in [5, 5.41) is 11.8. The highest BCUT2D eigenvalue weighted by molar-refractivity contribution is 5.80. The number of carbonyl (C=O) groups is 2. The Morgan fingerprint density at radius 1 is 1.33 bits per heavy atom. The Morgan fingerprint density at radius 2 is 1.94 bits per heavy atom. The molecule has 0 aliphatic heterocycles. The molecular weight excluding hydrogens is 232 g/mol. The molecule has 0 aromatic carbocycles. The normalized spacial score (nSPS) is 26.9. The number of urea groups is 1. The lowest BCUT2D eigenvalue weighted by atomic mass is 10.2. The number of amides is 2. The van der Waals surface area contributed by atoms with Gasteiger partial charge >= 0.3 is 12.0 Å². The van der Waals surface area contributed by atoms with Crippen LogP contribution in [0.1, 0.15) is 39.0 Å². The second kappa shape index (κ2) is 5.59. The first-order chi connectivity index (χ1) is 8.58. The third kappa shape index (κ3) is 3.37. The summed E-state index contributed by atoms with van der Waals surface area (Å²) in [6.45, 7) is 2.67. The first kappa shape index (κ1) is 13.2. The Morgan fingerprint density at radius 3 is 2.44 bits per heavy atom. The summed E-state index contributed by atoms with van der Waals surface area (Å²) in [5.41, 5.74) is 0. The molecule has 2 unspecified atom stereocenters. The molecule has 0 aromatic rings. The summed E-state index contributed by atoms with van der Waals surface area (Å²) in [4.78, 5) is 24.4. The summed E-state index contributed by atoms with van der Waals surface area (Å²) in [6, 6.07) is -0.0962. The Hall–Kier alpha value is -1.26. The minimum Gasteiger partial charge on any atom is -0.480 e. The monoisotopic (exact) mass is 254 g/mol. The molecule has 0 saturated heterocycles. The number of rotatable bonds is 5. The summed E-state index contributed by atoms with van der Waals surface area (Å²) in [7, 11) is 0. The highest BCUT2D eigenvalue weighted by atomic mass is 16.4. The third-order valence-electron chi connectivity index (χ3n) is 4.12. The zero-order valence-corrected chi connectivity index (χ0v) is 10.9. The fourth-order valence-electron chi connectivity index (χ4n) is 2.73. The first-order valence-electron chi connectivity index (χ1n) is 6.84. The fraction of sp³-hybridized carbons (Fsp3) is 0.846. The van der Waals surface area contributed by atoms with Crippen molar-refractivity contribution in [2.75, 3.05) is 13.1 Å². The Kier molecular flexibility index (Phi) is 4.09. The van der Waals surface area contributed by atoms with Gasteiger partial charge in [-0.1, -0.05) is 19.8 Å². The lowest BCUT2D eigenvalue weighted by Crippen LogP contribution is -2.48. The number of aliphatic carboxylic acids is 1. The molecule has 2 aliphatic carbocycles. The van der Waals surface area contributed by atoms with Gasteiger partial charge in [0.05, 0.1) is 0 Å². The summed E-state index contributed by atoms with van der Waals surface area (Å²) >= 11 is 0. The molecule has 5 heteroatoms. The molecule has 2 saturated carbocycles. The Bertz CT molecular complexity index is 326. The number of hydrogen-bond acceptors (Lipinski definition) is 2. The highest BCUT2D eigenvalue weighted by Crippen LogP contribution is 2.36. The number of hydrogen-bond donors (Lipinski definition) is 2. The molecule has 2 N–H and O–H groups in total. The van der Waals surface area contributed by atoms with Crippen molar-refractivity contribution in [1.29, 1.82) is 0 Å². The van der Waals surface area contributed by atoms with Crippen molar-refractivity contribution in [3.63, 3.8) is 0 Å². The van der Waals surface area contributed by atoms with Crippen molar-refractivity contribution < 1.29 is 14.7 Å². The molecule has 0 aromatic heterocycles. The van der Waals surface area contributed by atoms with E-state index in [0.29, 0.717) is 18.4 Å². The number of carboxylic acids is 1. The SMILES string of the molecule is CC1CC1CNC(=O)N(CC(=O)O)C1CCCC1. The van der Waals surface area contributed by atoms with E-state index in [1.165, 1.54) is 11.3 Å². The van der Waals surface area contributed by atoms with E-state index in [0.717, 1.165) is 25.7 Å². The van der Waals surface area contributed by atoms with E-state index >= 15 is 0 Å². The van der Waals surface area contributed by atoms with Gasteiger partial charge < -0.3 is 15.3 Å². The van der Waals surface area contributed by atoms with Gasteiger partial charge in [0.25, 0.3) is 0 Å². The van der Waals surface area contributed by atoms with E-state index in [9.17, 15) is 9.59 Å². The van der Waals surface area contributed by atoms with Crippen molar-refractivity contribution in [2.24, 2.45) is 11.8 Å². The number of nitrogens with zero attached hydrogens (tertiary/aromatic N) is 1. The van der Waals surface area contributed by atoms with Crippen LogP contribution in [-0.2, 0) is 4.79 Å². The molecular formula is C13H22N2O3. The molecule has 2 amide bonds. The van der Waals surface area contributed by atoms with Gasteiger partial charge in [-0.05, 0) is 31.1 Å². The van der Waals surface area contributed by atoms with E-state index in [1.54, 1.807) is 0 Å². The largest absolute Gasteiger partial charge is 0.480 e. The summed E-state index contributed by atoms with van der Waals surface area (Å²) in [5.74, 6) is 0.353. The molecule has 0 radical (unpaired) electrons. The van der Waals surface area contributed by atoms with Crippen molar-refractivity contribution in [3.8, 4) is 0 Å². The zero-order valence-electron chi connectivity index (χ0n) is 10.9. The van der Waals surface area contributed by atoms with E-state index < -0.39 is 5.97 Å². The average molecular weight is 254 g/mol. The molecule has 2 atom stereocenters. The van der Waals surface area contributed by atoms with Gasteiger partial charge in [0, 0.05) is 12.6 Å². The van der Waals surface area contributed by atoms with Crippen LogP contribution in [0.2, 0.25) is 0 Å². The minimum absolute atomic E-state index is 0.109. The fourth-order valence-corrected chi connectivity index (χ4v) is 2.73. The highest BCUT2D eigenvalue weighted by Gasteiger charge is 2.34. The number of nitrogens with one attached hydrogen (secondary N) is 1. The quantitative estimate of drug-likeness (QED) is 0.784. The van der Waals surface area contributed by atoms with Crippen LogP contribution in [-0.4, -0.2) is 41.1 Å². The smallest absolute Gasteiger partial charge is 0.323 e. The van der Waals surface area contributed by atoms with Crippen LogP contribution in [0.5, 0.6) is 0 Å². The predicted octanol–water partition coefficient (Wildman–Crippen LogP) is 1.68. The maximum atomic E-state index is 12.1. The molecule has 5 nitrogen and oxygen atoms in total. The van der Waals surface area contributed by atoms with Gasteiger partial charge in [0.2, 0.25) is 0 Å². The lowest BCUT2D eigenvalue weighted by molar-refractivity contribution is -0.138. The van der Waals surface area contributed by atoms with Crippen molar-refractivity contribution in [2.45, 2.75) is 45.1 Å². The molecule has 102 valence electrons. The van der Waals surface area contributed by atoms with Gasteiger partial charge in [-0.2, -0.15) is 0 Å². The van der Waals surface area contributed by atoms with Crippen LogP contribution in [0.3, 0.4) is 0 Å². The average Bonchev–Trinajstić information content (AvgIpc) is 2.81. The lowest BCUT2D eigenvalue weighted by Gasteiger charge is -2.27. The van der Waals surface area contributed by atoms with Crippen LogP contribution in [0.25, 0.3) is 0 Å². The molecule has 0 spiro atoms. The topological polar surface area (TPSA) is 69.6 Å². The van der Waals surface area contributed by atoms with Gasteiger partial charge in [0.15, 0.2) is 0 Å². The van der Waals surface area contributed by atoms with Gasteiger partial charge in [-0.15, -0.1) is 0 Å². The maximum absolute atomic E-state index is 12.1. The maximum Gasteiger partial charge on any atom is 0.323 e. The van der Waals surface area contributed by atoms with E-state index in [2.05, 4.69) is 12.2 Å². The third-order valence-corrected chi connectivity index (χ3v) is 4.12. The number of carboxylic acid groups (broad SMARTS) is 1. The second-order valence-electron chi connectivity index (χ2n) is 5.62. The zero-order chi connectivity index (χ0) is 13.1. The molecule has 2 fully saturated rings. The summed E-state index contributed by atoms with van der Waals surface area (Å²) < 4.78 is 0. The van der Waals surface area contributed by atoms with Crippen molar-refractivity contribution >= 4 is 12.0 Å². The molecule has 2 aliphatic rings. The number of carbonyl (C=O) groups excluding carboxylic acids is 1. The standard InChI is InChI=1S/C13H22N2O3/c1-9-6-10(9)7-14-13(18)15(8-12(16)17)11-4-2-3-5-11/h9-11H,2-8H2,1H3,(H,14,18)(H,16,17). The van der Waals surface area contributed by atoms with Crippen molar-refractivity contribution in [3.05, 3.63) is 0 Å². The van der Waals surface area contributed by atoms with E-state index in [1.807, 2.05) is 0 Å².